The average Bonchev–Trinajstić information content (AvgIpc) is 2.55. The first kappa shape index (κ1) is 19.7. The zero-order chi connectivity index (χ0) is 19.4. The van der Waals surface area contributed by atoms with E-state index in [0.717, 1.165) is 16.8 Å². The Balaban J connectivity index is 2.17. The van der Waals surface area contributed by atoms with Crippen LogP contribution in [0.4, 0.5) is 5.69 Å². The van der Waals surface area contributed by atoms with Gasteiger partial charge in [-0.05, 0) is 18.2 Å². The molecule has 1 aromatic heterocycles. The molecule has 9 nitrogen and oxygen atoms in total. The third-order valence-corrected chi connectivity index (χ3v) is 3.81. The number of nitrogens with two attached hydrogens (primary N) is 1. The summed E-state index contributed by atoms with van der Waals surface area (Å²) in [6.45, 7) is -0.617. The summed E-state index contributed by atoms with van der Waals surface area (Å²) in [4.78, 5) is 33.6. The SMILES string of the molecule is NC(=O)c1cc([N+](=O)[O-])cn(CC(O)COc2ccc(Cl)cc2Cl)c1=O. The molecular weight excluding hydrogens is 389 g/mol. The summed E-state index contributed by atoms with van der Waals surface area (Å²) < 4.78 is 6.17. The number of ether oxygens (including phenoxy) is 1. The van der Waals surface area contributed by atoms with Gasteiger partial charge in [0.25, 0.3) is 17.2 Å². The second-order valence-corrected chi connectivity index (χ2v) is 6.07. The highest BCUT2D eigenvalue weighted by Crippen LogP contribution is 2.27. The van der Waals surface area contributed by atoms with Crippen LogP contribution in [0.25, 0.3) is 0 Å². The Bertz CT molecular complexity index is 915. The van der Waals surface area contributed by atoms with Crippen molar-refractivity contribution in [2.75, 3.05) is 6.61 Å². The zero-order valence-corrected chi connectivity index (χ0v) is 14.6. The molecule has 0 saturated heterocycles. The smallest absolute Gasteiger partial charge is 0.286 e. The second-order valence-electron chi connectivity index (χ2n) is 5.23. The van der Waals surface area contributed by atoms with Gasteiger partial charge in [0, 0.05) is 11.1 Å². The number of amides is 1. The van der Waals surface area contributed by atoms with Crippen molar-refractivity contribution in [2.24, 2.45) is 5.73 Å². The number of aromatic nitrogens is 1. The summed E-state index contributed by atoms with van der Waals surface area (Å²) in [5.74, 6) is -0.842. The van der Waals surface area contributed by atoms with Crippen molar-refractivity contribution >= 4 is 34.8 Å². The third kappa shape index (κ3) is 4.72. The number of primary amides is 1. The van der Waals surface area contributed by atoms with E-state index in [-0.39, 0.29) is 23.9 Å². The Morgan fingerprint density at radius 3 is 2.65 bits per heavy atom. The summed E-state index contributed by atoms with van der Waals surface area (Å²) in [6.07, 6.45) is -0.310. The molecule has 0 aliphatic rings. The first-order valence-electron chi connectivity index (χ1n) is 7.13. The van der Waals surface area contributed by atoms with Crippen LogP contribution in [0.15, 0.2) is 35.3 Å². The van der Waals surface area contributed by atoms with Crippen molar-refractivity contribution in [3.8, 4) is 5.75 Å². The molecule has 3 N–H and O–H groups in total. The van der Waals surface area contributed by atoms with Gasteiger partial charge in [0.05, 0.1) is 22.7 Å². The fourth-order valence-corrected chi connectivity index (χ4v) is 2.55. The highest BCUT2D eigenvalue weighted by Gasteiger charge is 2.19. The van der Waals surface area contributed by atoms with Crippen LogP contribution in [-0.2, 0) is 6.54 Å². The molecule has 2 aromatic rings. The van der Waals surface area contributed by atoms with E-state index in [2.05, 4.69) is 0 Å². The molecule has 1 atom stereocenters. The molecule has 1 heterocycles. The lowest BCUT2D eigenvalue weighted by Gasteiger charge is -2.15. The number of carbonyl (C=O) groups excluding carboxylic acids is 1. The molecule has 0 saturated carbocycles. The van der Waals surface area contributed by atoms with E-state index in [1.807, 2.05) is 0 Å². The summed E-state index contributed by atoms with van der Waals surface area (Å²) in [5.41, 5.74) is 3.15. The highest BCUT2D eigenvalue weighted by atomic mass is 35.5. The van der Waals surface area contributed by atoms with Crippen molar-refractivity contribution in [3.63, 3.8) is 0 Å². The van der Waals surface area contributed by atoms with E-state index in [1.54, 1.807) is 6.07 Å². The molecule has 0 radical (unpaired) electrons. The van der Waals surface area contributed by atoms with Gasteiger partial charge in [0.1, 0.15) is 24.0 Å². The minimum Gasteiger partial charge on any atom is -0.489 e. The molecule has 0 bridgehead atoms. The number of hydrogen-bond acceptors (Lipinski definition) is 6. The van der Waals surface area contributed by atoms with Gasteiger partial charge < -0.3 is 20.1 Å². The van der Waals surface area contributed by atoms with Gasteiger partial charge in [0.2, 0.25) is 0 Å². The van der Waals surface area contributed by atoms with Crippen molar-refractivity contribution in [3.05, 3.63) is 66.5 Å². The van der Waals surface area contributed by atoms with Crippen LogP contribution in [0.5, 0.6) is 5.75 Å². The molecule has 0 aliphatic heterocycles. The minimum absolute atomic E-state index is 0.230. The number of aliphatic hydroxyl groups is 1. The van der Waals surface area contributed by atoms with Crippen LogP contribution in [0.1, 0.15) is 10.4 Å². The van der Waals surface area contributed by atoms with Gasteiger partial charge in [-0.3, -0.25) is 19.7 Å². The maximum atomic E-state index is 12.1. The molecule has 138 valence electrons. The fourth-order valence-electron chi connectivity index (χ4n) is 2.09. The van der Waals surface area contributed by atoms with E-state index in [4.69, 9.17) is 33.7 Å². The van der Waals surface area contributed by atoms with Gasteiger partial charge in [0.15, 0.2) is 0 Å². The number of nitrogens with zero attached hydrogens (tertiary/aromatic N) is 2. The van der Waals surface area contributed by atoms with Gasteiger partial charge in [-0.1, -0.05) is 23.2 Å². The number of aliphatic hydroxyl groups excluding tert-OH is 1. The molecule has 26 heavy (non-hydrogen) atoms. The Morgan fingerprint density at radius 2 is 2.08 bits per heavy atom. The lowest BCUT2D eigenvalue weighted by molar-refractivity contribution is -0.385. The number of nitro groups is 1. The summed E-state index contributed by atoms with van der Waals surface area (Å²) in [7, 11) is 0. The number of rotatable bonds is 7. The van der Waals surface area contributed by atoms with Crippen LogP contribution in [-0.4, -0.2) is 33.2 Å². The van der Waals surface area contributed by atoms with Gasteiger partial charge in [-0.15, -0.1) is 0 Å². The minimum atomic E-state index is -1.22. The monoisotopic (exact) mass is 401 g/mol. The average molecular weight is 402 g/mol. The first-order chi connectivity index (χ1) is 12.2. The molecule has 0 fully saturated rings. The molecule has 0 aliphatic carbocycles. The number of benzene rings is 1. The Labute approximate surface area is 156 Å². The molecule has 11 heteroatoms. The van der Waals surface area contributed by atoms with E-state index in [9.17, 15) is 24.8 Å². The molecule has 0 spiro atoms. The van der Waals surface area contributed by atoms with Crippen LogP contribution < -0.4 is 16.0 Å². The Kier molecular flexibility index (Phi) is 6.19. The topological polar surface area (TPSA) is 138 Å². The normalized spacial score (nSPS) is 11.8. The Morgan fingerprint density at radius 1 is 1.38 bits per heavy atom. The molecule has 2 rings (SSSR count). The largest absolute Gasteiger partial charge is 0.489 e. The summed E-state index contributed by atoms with van der Waals surface area (Å²) in [6, 6.07) is 5.29. The van der Waals surface area contributed by atoms with Crippen molar-refractivity contribution < 1.29 is 19.6 Å². The second kappa shape index (κ2) is 8.17. The number of pyridine rings is 1. The Hall–Kier alpha value is -2.62. The van der Waals surface area contributed by atoms with Crippen molar-refractivity contribution in [2.45, 2.75) is 12.6 Å². The van der Waals surface area contributed by atoms with Gasteiger partial charge in [-0.2, -0.15) is 0 Å². The van der Waals surface area contributed by atoms with E-state index in [1.165, 1.54) is 12.1 Å². The maximum absolute atomic E-state index is 12.1. The van der Waals surface area contributed by atoms with E-state index < -0.39 is 33.7 Å². The maximum Gasteiger partial charge on any atom is 0.286 e. The summed E-state index contributed by atoms with van der Waals surface area (Å²) >= 11 is 11.7. The third-order valence-electron chi connectivity index (χ3n) is 3.28. The summed E-state index contributed by atoms with van der Waals surface area (Å²) in [5, 5.41) is 21.6. The van der Waals surface area contributed by atoms with Crippen molar-refractivity contribution in [1.29, 1.82) is 0 Å². The van der Waals surface area contributed by atoms with Crippen LogP contribution in [0.3, 0.4) is 0 Å². The zero-order valence-electron chi connectivity index (χ0n) is 13.1. The predicted octanol–water partition coefficient (Wildman–Crippen LogP) is 1.60. The predicted molar refractivity (Wildman–Crippen MR) is 93.8 cm³/mol. The number of halogens is 2. The molecule has 1 unspecified atom stereocenters. The lowest BCUT2D eigenvalue weighted by atomic mass is 10.2. The van der Waals surface area contributed by atoms with Crippen LogP contribution >= 0.6 is 23.2 Å². The first-order valence-corrected chi connectivity index (χ1v) is 7.89. The molecule has 1 amide bonds. The molecular formula is C15H13Cl2N3O6. The van der Waals surface area contributed by atoms with E-state index >= 15 is 0 Å². The van der Waals surface area contributed by atoms with Gasteiger partial charge >= 0.3 is 0 Å². The van der Waals surface area contributed by atoms with E-state index in [0.29, 0.717) is 5.02 Å². The van der Waals surface area contributed by atoms with Crippen LogP contribution in [0.2, 0.25) is 10.0 Å². The highest BCUT2D eigenvalue weighted by molar-refractivity contribution is 6.35. The van der Waals surface area contributed by atoms with Crippen LogP contribution in [0, 0.1) is 10.1 Å². The fraction of sp³-hybridized carbons (Fsp3) is 0.200. The number of carbonyl (C=O) groups is 1. The standard InChI is InChI=1S/C15H13Cl2N3O6/c16-8-1-2-13(12(17)3-8)26-7-10(21)6-19-5-9(20(24)25)4-11(14(18)22)15(19)23/h1-5,10,21H,6-7H2,(H2,18,22). The number of hydrogen-bond donors (Lipinski definition) is 2. The van der Waals surface area contributed by atoms with Crippen molar-refractivity contribution in [1.82, 2.24) is 4.57 Å². The lowest BCUT2D eigenvalue weighted by Crippen LogP contribution is -2.34. The van der Waals surface area contributed by atoms with Gasteiger partial charge in [-0.25, -0.2) is 0 Å². The molecule has 1 aromatic carbocycles. The quantitative estimate of drug-likeness (QED) is 0.533.